The highest BCUT2D eigenvalue weighted by Crippen LogP contribution is 2.27. The highest BCUT2D eigenvalue weighted by molar-refractivity contribution is 5.36. The van der Waals surface area contributed by atoms with Crippen molar-refractivity contribution >= 4 is 5.82 Å². The topological polar surface area (TPSA) is 66.9 Å². The van der Waals surface area contributed by atoms with Crippen molar-refractivity contribution in [2.24, 2.45) is 0 Å². The molecule has 0 radical (unpaired) electrons. The SMILES string of the molecule is CC(Nc1cc(=O)n(C2CCCC2)c(=O)[nH]1)c1ccccc1. The van der Waals surface area contributed by atoms with Gasteiger partial charge in [0, 0.05) is 18.2 Å². The van der Waals surface area contributed by atoms with E-state index < -0.39 is 0 Å². The Balaban J connectivity index is 1.84. The van der Waals surface area contributed by atoms with Crippen molar-refractivity contribution in [2.45, 2.75) is 44.7 Å². The highest BCUT2D eigenvalue weighted by Gasteiger charge is 2.20. The molecule has 0 bridgehead atoms. The second-order valence-electron chi connectivity index (χ2n) is 5.91. The number of benzene rings is 1. The van der Waals surface area contributed by atoms with Gasteiger partial charge in [-0.15, -0.1) is 0 Å². The zero-order valence-corrected chi connectivity index (χ0v) is 12.7. The van der Waals surface area contributed by atoms with Crippen molar-refractivity contribution < 1.29 is 0 Å². The number of anilines is 1. The molecule has 0 aliphatic heterocycles. The standard InChI is InChI=1S/C17H21N3O2/c1-12(13-7-3-2-4-8-13)18-15-11-16(21)20(17(22)19-15)14-9-5-6-10-14/h2-4,7-8,11-12,14,18H,5-6,9-10H2,1H3,(H,19,22). The molecule has 1 aromatic carbocycles. The van der Waals surface area contributed by atoms with Crippen molar-refractivity contribution in [2.75, 3.05) is 5.32 Å². The second kappa shape index (κ2) is 6.22. The van der Waals surface area contributed by atoms with Gasteiger partial charge >= 0.3 is 5.69 Å². The van der Waals surface area contributed by atoms with Gasteiger partial charge in [-0.3, -0.25) is 14.3 Å². The van der Waals surface area contributed by atoms with Gasteiger partial charge in [0.1, 0.15) is 5.82 Å². The molecule has 0 saturated heterocycles. The molecule has 1 saturated carbocycles. The number of nitrogens with one attached hydrogen (secondary N) is 2. The molecule has 22 heavy (non-hydrogen) atoms. The summed E-state index contributed by atoms with van der Waals surface area (Å²) in [5.41, 5.74) is 0.559. The fourth-order valence-electron chi connectivity index (χ4n) is 3.15. The summed E-state index contributed by atoms with van der Waals surface area (Å²) in [5.74, 6) is 0.473. The summed E-state index contributed by atoms with van der Waals surface area (Å²) in [4.78, 5) is 27.3. The minimum absolute atomic E-state index is 0.0126. The van der Waals surface area contributed by atoms with E-state index in [2.05, 4.69) is 10.3 Å². The Kier molecular flexibility index (Phi) is 4.13. The highest BCUT2D eigenvalue weighted by atomic mass is 16.2. The van der Waals surface area contributed by atoms with Crippen LogP contribution in [0.5, 0.6) is 0 Å². The molecule has 0 amide bonds. The smallest absolute Gasteiger partial charge is 0.330 e. The average Bonchev–Trinajstić information content (AvgIpc) is 3.01. The van der Waals surface area contributed by atoms with E-state index in [1.54, 1.807) is 0 Å². The fraction of sp³-hybridized carbons (Fsp3) is 0.412. The summed E-state index contributed by atoms with van der Waals surface area (Å²) < 4.78 is 1.37. The minimum atomic E-state index is -0.317. The summed E-state index contributed by atoms with van der Waals surface area (Å²) in [6.07, 6.45) is 4.00. The number of hydrogen-bond acceptors (Lipinski definition) is 3. The van der Waals surface area contributed by atoms with E-state index in [1.165, 1.54) is 10.6 Å². The van der Waals surface area contributed by atoms with E-state index in [-0.39, 0.29) is 23.3 Å². The van der Waals surface area contributed by atoms with Gasteiger partial charge in [0.05, 0.1) is 0 Å². The number of hydrogen-bond donors (Lipinski definition) is 2. The summed E-state index contributed by atoms with van der Waals surface area (Å²) in [5, 5.41) is 3.19. The van der Waals surface area contributed by atoms with Crippen molar-refractivity contribution in [3.63, 3.8) is 0 Å². The molecular formula is C17H21N3O2. The summed E-state index contributed by atoms with van der Waals surface area (Å²) in [6.45, 7) is 2.00. The normalized spacial score (nSPS) is 16.6. The van der Waals surface area contributed by atoms with Crippen molar-refractivity contribution in [3.05, 3.63) is 62.8 Å². The Morgan fingerprint density at radius 1 is 1.18 bits per heavy atom. The van der Waals surface area contributed by atoms with Crippen LogP contribution in [0.3, 0.4) is 0 Å². The van der Waals surface area contributed by atoms with Crippen LogP contribution < -0.4 is 16.6 Å². The monoisotopic (exact) mass is 299 g/mol. The lowest BCUT2D eigenvalue weighted by molar-refractivity contribution is 0.479. The molecule has 2 N–H and O–H groups in total. The molecule has 0 spiro atoms. The van der Waals surface area contributed by atoms with Crippen LogP contribution in [-0.2, 0) is 0 Å². The number of H-pyrrole nitrogens is 1. The van der Waals surface area contributed by atoms with Crippen molar-refractivity contribution in [1.82, 2.24) is 9.55 Å². The van der Waals surface area contributed by atoms with Crippen LogP contribution in [0.1, 0.15) is 50.3 Å². The lowest BCUT2D eigenvalue weighted by Gasteiger charge is -2.17. The zero-order chi connectivity index (χ0) is 15.5. The second-order valence-corrected chi connectivity index (χ2v) is 5.91. The van der Waals surface area contributed by atoms with Gasteiger partial charge in [0.25, 0.3) is 5.56 Å². The van der Waals surface area contributed by atoms with Gasteiger partial charge in [0.15, 0.2) is 0 Å². The molecule has 5 nitrogen and oxygen atoms in total. The molecule has 5 heteroatoms. The number of aromatic amines is 1. The molecule has 1 aliphatic carbocycles. The Morgan fingerprint density at radius 3 is 2.50 bits per heavy atom. The van der Waals surface area contributed by atoms with Crippen molar-refractivity contribution in [1.29, 1.82) is 0 Å². The van der Waals surface area contributed by atoms with E-state index in [0.29, 0.717) is 5.82 Å². The van der Waals surface area contributed by atoms with E-state index >= 15 is 0 Å². The molecule has 1 heterocycles. The molecule has 1 aliphatic rings. The van der Waals surface area contributed by atoms with Crippen LogP contribution >= 0.6 is 0 Å². The van der Waals surface area contributed by atoms with Crippen LogP contribution in [0.25, 0.3) is 0 Å². The molecular weight excluding hydrogens is 278 g/mol. The predicted octanol–water partition coefficient (Wildman–Crippen LogP) is 2.82. The van der Waals surface area contributed by atoms with Crippen LogP contribution in [0.15, 0.2) is 46.0 Å². The quantitative estimate of drug-likeness (QED) is 0.912. The van der Waals surface area contributed by atoms with Gasteiger partial charge in [-0.25, -0.2) is 4.79 Å². The lowest BCUT2D eigenvalue weighted by atomic mass is 10.1. The van der Waals surface area contributed by atoms with Crippen molar-refractivity contribution in [3.8, 4) is 0 Å². The molecule has 3 rings (SSSR count). The molecule has 1 atom stereocenters. The van der Waals surface area contributed by atoms with E-state index in [4.69, 9.17) is 0 Å². The van der Waals surface area contributed by atoms with Crippen LogP contribution in [0.2, 0.25) is 0 Å². The number of rotatable bonds is 4. The Morgan fingerprint density at radius 2 is 1.86 bits per heavy atom. The van der Waals surface area contributed by atoms with Gasteiger partial charge in [-0.05, 0) is 25.3 Å². The molecule has 116 valence electrons. The molecule has 1 unspecified atom stereocenters. The van der Waals surface area contributed by atoms with Crippen LogP contribution in [0.4, 0.5) is 5.82 Å². The van der Waals surface area contributed by atoms with Gasteiger partial charge in [0.2, 0.25) is 0 Å². The maximum absolute atomic E-state index is 12.3. The first-order chi connectivity index (χ1) is 10.6. The number of nitrogens with zero attached hydrogens (tertiary/aromatic N) is 1. The Labute approximate surface area is 129 Å². The van der Waals surface area contributed by atoms with E-state index in [0.717, 1.165) is 31.2 Å². The van der Waals surface area contributed by atoms with Gasteiger partial charge in [-0.2, -0.15) is 0 Å². The third-order valence-electron chi connectivity index (χ3n) is 4.33. The molecule has 2 aromatic rings. The fourth-order valence-corrected chi connectivity index (χ4v) is 3.15. The first-order valence-electron chi connectivity index (χ1n) is 7.82. The predicted molar refractivity (Wildman–Crippen MR) is 87.3 cm³/mol. The van der Waals surface area contributed by atoms with E-state index in [9.17, 15) is 9.59 Å². The zero-order valence-electron chi connectivity index (χ0n) is 12.7. The van der Waals surface area contributed by atoms with Gasteiger partial charge in [-0.1, -0.05) is 43.2 Å². The molecule has 1 aromatic heterocycles. The van der Waals surface area contributed by atoms with Gasteiger partial charge < -0.3 is 5.32 Å². The Hall–Kier alpha value is -2.30. The third kappa shape index (κ3) is 2.98. The summed E-state index contributed by atoms with van der Waals surface area (Å²) >= 11 is 0. The maximum atomic E-state index is 12.3. The number of aromatic nitrogens is 2. The minimum Gasteiger partial charge on any atom is -0.365 e. The Bertz CT molecular complexity index is 711. The van der Waals surface area contributed by atoms with Crippen LogP contribution in [-0.4, -0.2) is 9.55 Å². The first kappa shape index (κ1) is 14.6. The first-order valence-corrected chi connectivity index (χ1v) is 7.82. The summed E-state index contributed by atoms with van der Waals surface area (Å²) in [6, 6.07) is 11.5. The maximum Gasteiger partial charge on any atom is 0.330 e. The van der Waals surface area contributed by atoms with E-state index in [1.807, 2.05) is 37.3 Å². The average molecular weight is 299 g/mol. The lowest BCUT2D eigenvalue weighted by Crippen LogP contribution is -2.37. The third-order valence-corrected chi connectivity index (χ3v) is 4.33. The van der Waals surface area contributed by atoms with Crippen LogP contribution in [0, 0.1) is 0 Å². The molecule has 1 fully saturated rings. The largest absolute Gasteiger partial charge is 0.365 e. The summed E-state index contributed by atoms with van der Waals surface area (Å²) in [7, 11) is 0.